The number of hydrogen-bond acceptors (Lipinski definition) is 2. The van der Waals surface area contributed by atoms with Crippen LogP contribution in [0.15, 0.2) is 42.7 Å². The number of rotatable bonds is 5. The summed E-state index contributed by atoms with van der Waals surface area (Å²) in [6.45, 7) is 9.53. The number of nitrogens with zero attached hydrogens (tertiary/aromatic N) is 2. The van der Waals surface area contributed by atoms with E-state index in [1.807, 2.05) is 23.0 Å². The van der Waals surface area contributed by atoms with E-state index in [9.17, 15) is 0 Å². The van der Waals surface area contributed by atoms with Crippen LogP contribution in [0.1, 0.15) is 33.3 Å². The molecule has 0 aliphatic rings. The Morgan fingerprint density at radius 3 is 2.61 bits per heavy atom. The van der Waals surface area contributed by atoms with Crippen LogP contribution >= 0.6 is 12.2 Å². The SMILES string of the molecule is CCc1ccccc1NC(=S)NC(Cn1cccn1)C(C)(C)C. The average molecular weight is 331 g/mol. The van der Waals surface area contributed by atoms with E-state index >= 15 is 0 Å². The molecule has 0 aliphatic heterocycles. The number of anilines is 1. The summed E-state index contributed by atoms with van der Waals surface area (Å²) in [6.07, 6.45) is 4.75. The first-order chi connectivity index (χ1) is 10.9. The molecule has 0 aliphatic carbocycles. The van der Waals surface area contributed by atoms with Gasteiger partial charge >= 0.3 is 0 Å². The summed E-state index contributed by atoms with van der Waals surface area (Å²) in [4.78, 5) is 0. The second-order valence-corrected chi connectivity index (χ2v) is 7.16. The zero-order valence-corrected chi connectivity index (χ0v) is 15.2. The maximum Gasteiger partial charge on any atom is 0.171 e. The summed E-state index contributed by atoms with van der Waals surface area (Å²) in [5.74, 6) is 0. The van der Waals surface area contributed by atoms with Gasteiger partial charge in [0.15, 0.2) is 5.11 Å². The van der Waals surface area contributed by atoms with Crippen molar-refractivity contribution in [2.75, 3.05) is 5.32 Å². The molecule has 1 unspecified atom stereocenters. The van der Waals surface area contributed by atoms with E-state index in [4.69, 9.17) is 12.2 Å². The van der Waals surface area contributed by atoms with E-state index in [0.717, 1.165) is 18.7 Å². The summed E-state index contributed by atoms with van der Waals surface area (Å²) >= 11 is 5.53. The van der Waals surface area contributed by atoms with Gasteiger partial charge in [-0.15, -0.1) is 0 Å². The average Bonchev–Trinajstić information content (AvgIpc) is 2.99. The highest BCUT2D eigenvalue weighted by Crippen LogP contribution is 2.21. The summed E-state index contributed by atoms with van der Waals surface area (Å²) in [6, 6.07) is 10.4. The number of hydrogen-bond donors (Lipinski definition) is 2. The number of aryl methyl sites for hydroxylation is 1. The Kier molecular flexibility index (Phi) is 5.77. The van der Waals surface area contributed by atoms with E-state index in [-0.39, 0.29) is 11.5 Å². The van der Waals surface area contributed by atoms with E-state index < -0.39 is 0 Å². The lowest BCUT2D eigenvalue weighted by Gasteiger charge is -2.32. The van der Waals surface area contributed by atoms with Gasteiger partial charge in [-0.1, -0.05) is 45.9 Å². The van der Waals surface area contributed by atoms with Crippen molar-refractivity contribution in [1.82, 2.24) is 15.1 Å². The second kappa shape index (κ2) is 7.59. The van der Waals surface area contributed by atoms with Crippen LogP contribution in [0.5, 0.6) is 0 Å². The van der Waals surface area contributed by atoms with Gasteiger partial charge in [-0.05, 0) is 41.7 Å². The Hall–Kier alpha value is -1.88. The summed E-state index contributed by atoms with van der Waals surface area (Å²) in [5, 5.41) is 11.7. The van der Waals surface area contributed by atoms with E-state index in [0.29, 0.717) is 5.11 Å². The van der Waals surface area contributed by atoms with Gasteiger partial charge < -0.3 is 10.6 Å². The first-order valence-corrected chi connectivity index (χ1v) is 8.44. The Balaban J connectivity index is 2.05. The molecular weight excluding hydrogens is 304 g/mol. The van der Waals surface area contributed by atoms with Gasteiger partial charge in [0.1, 0.15) is 0 Å². The van der Waals surface area contributed by atoms with Crippen molar-refractivity contribution < 1.29 is 0 Å². The molecular formula is C18H26N4S. The maximum absolute atomic E-state index is 5.53. The molecule has 1 atom stereocenters. The zero-order chi connectivity index (χ0) is 16.9. The summed E-state index contributed by atoms with van der Waals surface area (Å²) in [7, 11) is 0. The van der Waals surface area contributed by atoms with Gasteiger partial charge in [0.05, 0.1) is 12.6 Å². The van der Waals surface area contributed by atoms with Crippen LogP contribution in [-0.2, 0) is 13.0 Å². The third kappa shape index (κ3) is 5.06. The fraction of sp³-hybridized carbons (Fsp3) is 0.444. The molecule has 0 saturated heterocycles. The van der Waals surface area contributed by atoms with Crippen molar-refractivity contribution in [2.45, 2.75) is 46.7 Å². The standard InChI is InChI=1S/C18H26N4S/c1-5-14-9-6-7-10-15(14)20-17(23)21-16(18(2,3)4)13-22-12-8-11-19-22/h6-12,16H,5,13H2,1-4H3,(H2,20,21,23). The van der Waals surface area contributed by atoms with Gasteiger partial charge in [-0.25, -0.2) is 0 Å². The first-order valence-electron chi connectivity index (χ1n) is 8.03. The van der Waals surface area contributed by atoms with Gasteiger partial charge in [-0.2, -0.15) is 5.10 Å². The molecule has 1 aromatic carbocycles. The van der Waals surface area contributed by atoms with E-state index in [1.165, 1.54) is 5.56 Å². The van der Waals surface area contributed by atoms with Crippen LogP contribution < -0.4 is 10.6 Å². The molecule has 124 valence electrons. The molecule has 0 radical (unpaired) electrons. The minimum atomic E-state index is 0.0575. The Labute approximate surface area is 144 Å². The highest BCUT2D eigenvalue weighted by Gasteiger charge is 2.26. The minimum Gasteiger partial charge on any atom is -0.357 e. The molecule has 5 heteroatoms. The Morgan fingerprint density at radius 2 is 2.00 bits per heavy atom. The first kappa shape index (κ1) is 17.5. The molecule has 2 N–H and O–H groups in total. The fourth-order valence-corrected chi connectivity index (χ4v) is 2.65. The number of thiocarbonyl (C=S) groups is 1. The highest BCUT2D eigenvalue weighted by atomic mass is 32.1. The van der Waals surface area contributed by atoms with Crippen molar-refractivity contribution >= 4 is 23.0 Å². The van der Waals surface area contributed by atoms with Crippen LogP contribution in [-0.4, -0.2) is 20.9 Å². The lowest BCUT2D eigenvalue weighted by atomic mass is 9.87. The molecule has 2 rings (SSSR count). The highest BCUT2D eigenvalue weighted by molar-refractivity contribution is 7.80. The Morgan fingerprint density at radius 1 is 1.26 bits per heavy atom. The molecule has 0 amide bonds. The molecule has 0 bridgehead atoms. The summed E-state index contributed by atoms with van der Waals surface area (Å²) < 4.78 is 1.94. The molecule has 1 aromatic heterocycles. The number of nitrogens with one attached hydrogen (secondary N) is 2. The molecule has 2 aromatic rings. The van der Waals surface area contributed by atoms with Crippen molar-refractivity contribution in [1.29, 1.82) is 0 Å². The second-order valence-electron chi connectivity index (χ2n) is 6.76. The largest absolute Gasteiger partial charge is 0.357 e. The predicted molar refractivity (Wildman–Crippen MR) is 101 cm³/mol. The normalized spacial score (nSPS) is 12.7. The smallest absolute Gasteiger partial charge is 0.171 e. The van der Waals surface area contributed by atoms with Gasteiger partial charge in [0.2, 0.25) is 0 Å². The monoisotopic (exact) mass is 330 g/mol. The number of benzene rings is 1. The van der Waals surface area contributed by atoms with Crippen molar-refractivity contribution in [3.8, 4) is 0 Å². The lowest BCUT2D eigenvalue weighted by Crippen LogP contribution is -2.48. The number of aromatic nitrogens is 2. The predicted octanol–water partition coefficient (Wildman–Crippen LogP) is 3.85. The van der Waals surface area contributed by atoms with Crippen LogP contribution in [0, 0.1) is 5.41 Å². The fourth-order valence-electron chi connectivity index (χ4n) is 2.40. The molecule has 4 nitrogen and oxygen atoms in total. The van der Waals surface area contributed by atoms with Gasteiger partial charge in [0, 0.05) is 18.1 Å². The minimum absolute atomic E-state index is 0.0575. The molecule has 0 fully saturated rings. The van der Waals surface area contributed by atoms with Crippen molar-refractivity contribution in [3.63, 3.8) is 0 Å². The summed E-state index contributed by atoms with van der Waals surface area (Å²) in [5.41, 5.74) is 2.39. The van der Waals surface area contributed by atoms with E-state index in [1.54, 1.807) is 6.20 Å². The van der Waals surface area contributed by atoms with Crippen LogP contribution in [0.2, 0.25) is 0 Å². The number of para-hydroxylation sites is 1. The lowest BCUT2D eigenvalue weighted by molar-refractivity contribution is 0.262. The zero-order valence-electron chi connectivity index (χ0n) is 14.3. The maximum atomic E-state index is 5.53. The van der Waals surface area contributed by atoms with Crippen LogP contribution in [0.3, 0.4) is 0 Å². The molecule has 23 heavy (non-hydrogen) atoms. The Bertz CT molecular complexity index is 629. The van der Waals surface area contributed by atoms with Crippen LogP contribution in [0.25, 0.3) is 0 Å². The van der Waals surface area contributed by atoms with Crippen molar-refractivity contribution in [3.05, 3.63) is 48.3 Å². The van der Waals surface area contributed by atoms with E-state index in [2.05, 4.69) is 61.6 Å². The van der Waals surface area contributed by atoms with Crippen molar-refractivity contribution in [2.24, 2.45) is 5.41 Å². The topological polar surface area (TPSA) is 41.9 Å². The van der Waals surface area contributed by atoms with Gasteiger partial charge in [-0.3, -0.25) is 4.68 Å². The third-order valence-corrected chi connectivity index (χ3v) is 4.15. The molecule has 0 spiro atoms. The van der Waals surface area contributed by atoms with Crippen LogP contribution in [0.4, 0.5) is 5.69 Å². The molecule has 0 saturated carbocycles. The third-order valence-electron chi connectivity index (χ3n) is 3.93. The van der Waals surface area contributed by atoms with Gasteiger partial charge in [0.25, 0.3) is 0 Å². The molecule has 1 heterocycles. The quantitative estimate of drug-likeness (QED) is 0.817.